The van der Waals surface area contributed by atoms with Gasteiger partial charge in [-0.05, 0) is 51.4 Å². The Bertz CT molecular complexity index is 593. The van der Waals surface area contributed by atoms with Crippen molar-refractivity contribution in [3.8, 4) is 0 Å². The van der Waals surface area contributed by atoms with E-state index >= 15 is 0 Å². The molecule has 0 bridgehead atoms. The zero-order valence-corrected chi connectivity index (χ0v) is 16.0. The Morgan fingerprint density at radius 3 is 2.69 bits per heavy atom. The standard InChI is InChI=1S/C19H31N5O2/c1-3-20-19(21-14-16-6-4-8-22(2)15-16)24-11-9-23(10-12-24)18(25)17-7-5-13-26-17/h5,7,13,16H,3-4,6,8-12,14-15H2,1-2H3,(H,20,21). The second-order valence-corrected chi connectivity index (χ2v) is 7.22. The number of hydrogen-bond acceptors (Lipinski definition) is 4. The number of hydrogen-bond donors (Lipinski definition) is 1. The van der Waals surface area contributed by atoms with Crippen molar-refractivity contribution in [2.45, 2.75) is 19.8 Å². The van der Waals surface area contributed by atoms with Crippen molar-refractivity contribution in [3.63, 3.8) is 0 Å². The van der Waals surface area contributed by atoms with E-state index in [1.54, 1.807) is 18.4 Å². The fourth-order valence-corrected chi connectivity index (χ4v) is 3.74. The summed E-state index contributed by atoms with van der Waals surface area (Å²) in [5, 5.41) is 3.42. The SMILES string of the molecule is CCNC(=NCC1CCCN(C)C1)N1CCN(C(=O)c2ccco2)CC1. The molecule has 1 aromatic rings. The molecule has 2 aliphatic heterocycles. The Morgan fingerprint density at radius 2 is 2.04 bits per heavy atom. The molecule has 3 heterocycles. The van der Waals surface area contributed by atoms with Crippen molar-refractivity contribution in [3.05, 3.63) is 24.2 Å². The van der Waals surface area contributed by atoms with Gasteiger partial charge in [0.1, 0.15) is 0 Å². The Balaban J connectivity index is 1.54. The number of piperidine rings is 1. The van der Waals surface area contributed by atoms with E-state index in [0.29, 0.717) is 24.8 Å². The molecule has 2 saturated heterocycles. The first-order valence-electron chi connectivity index (χ1n) is 9.72. The smallest absolute Gasteiger partial charge is 0.289 e. The van der Waals surface area contributed by atoms with Crippen LogP contribution >= 0.6 is 0 Å². The lowest BCUT2D eigenvalue weighted by atomic mass is 9.99. The largest absolute Gasteiger partial charge is 0.459 e. The van der Waals surface area contributed by atoms with Crippen LogP contribution < -0.4 is 5.32 Å². The number of piperazine rings is 1. The Hall–Kier alpha value is -2.02. The van der Waals surface area contributed by atoms with Gasteiger partial charge in [0.2, 0.25) is 0 Å². The first-order valence-corrected chi connectivity index (χ1v) is 9.72. The summed E-state index contributed by atoms with van der Waals surface area (Å²) < 4.78 is 5.23. The highest BCUT2D eigenvalue weighted by atomic mass is 16.3. The predicted octanol–water partition coefficient (Wildman–Crippen LogP) is 1.34. The Kier molecular flexibility index (Phi) is 6.55. The van der Waals surface area contributed by atoms with E-state index in [1.807, 2.05) is 4.90 Å². The molecule has 7 nitrogen and oxygen atoms in total. The molecule has 1 atom stereocenters. The first-order chi connectivity index (χ1) is 12.7. The molecule has 0 radical (unpaired) electrons. The molecular formula is C19H31N5O2. The third-order valence-electron chi connectivity index (χ3n) is 5.15. The van der Waals surface area contributed by atoms with Crippen LogP contribution in [0.3, 0.4) is 0 Å². The van der Waals surface area contributed by atoms with Gasteiger partial charge in [-0.2, -0.15) is 0 Å². The highest BCUT2D eigenvalue weighted by Crippen LogP contribution is 2.15. The normalized spacial score (nSPS) is 22.5. The average molecular weight is 361 g/mol. The van der Waals surface area contributed by atoms with Crippen LogP contribution in [0.5, 0.6) is 0 Å². The van der Waals surface area contributed by atoms with Gasteiger partial charge in [-0.1, -0.05) is 0 Å². The summed E-state index contributed by atoms with van der Waals surface area (Å²) in [4.78, 5) is 23.8. The molecule has 2 aliphatic rings. The van der Waals surface area contributed by atoms with Gasteiger partial charge in [0.25, 0.3) is 5.91 Å². The summed E-state index contributed by atoms with van der Waals surface area (Å²) in [5.74, 6) is 2.01. The van der Waals surface area contributed by atoms with Gasteiger partial charge in [0.15, 0.2) is 11.7 Å². The van der Waals surface area contributed by atoms with Crippen molar-refractivity contribution in [2.75, 3.05) is 59.4 Å². The summed E-state index contributed by atoms with van der Waals surface area (Å²) in [5.41, 5.74) is 0. The van der Waals surface area contributed by atoms with Crippen molar-refractivity contribution in [2.24, 2.45) is 10.9 Å². The van der Waals surface area contributed by atoms with Gasteiger partial charge in [0.05, 0.1) is 6.26 Å². The molecular weight excluding hydrogens is 330 g/mol. The fourth-order valence-electron chi connectivity index (χ4n) is 3.74. The highest BCUT2D eigenvalue weighted by Gasteiger charge is 2.25. The second-order valence-electron chi connectivity index (χ2n) is 7.22. The number of carbonyl (C=O) groups excluding carboxylic acids is 1. The summed E-state index contributed by atoms with van der Waals surface area (Å²) >= 11 is 0. The van der Waals surface area contributed by atoms with Gasteiger partial charge in [0, 0.05) is 45.8 Å². The Morgan fingerprint density at radius 1 is 1.27 bits per heavy atom. The van der Waals surface area contributed by atoms with Crippen molar-refractivity contribution < 1.29 is 9.21 Å². The molecule has 1 amide bonds. The highest BCUT2D eigenvalue weighted by molar-refractivity contribution is 5.91. The van der Waals surface area contributed by atoms with E-state index in [-0.39, 0.29) is 5.91 Å². The number of amides is 1. The van der Waals surface area contributed by atoms with Gasteiger partial charge in [-0.25, -0.2) is 0 Å². The van der Waals surface area contributed by atoms with E-state index in [0.717, 1.165) is 38.7 Å². The third kappa shape index (κ3) is 4.78. The summed E-state index contributed by atoms with van der Waals surface area (Å²) in [7, 11) is 2.19. The average Bonchev–Trinajstić information content (AvgIpc) is 3.19. The van der Waals surface area contributed by atoms with Crippen LogP contribution in [-0.4, -0.2) is 86.0 Å². The van der Waals surface area contributed by atoms with Gasteiger partial charge in [-0.3, -0.25) is 9.79 Å². The zero-order chi connectivity index (χ0) is 18.4. The summed E-state index contributed by atoms with van der Waals surface area (Å²) in [6.45, 7) is 9.13. The van der Waals surface area contributed by atoms with Crippen LogP contribution in [0, 0.1) is 5.92 Å². The van der Waals surface area contributed by atoms with Gasteiger partial charge < -0.3 is 24.4 Å². The predicted molar refractivity (Wildman–Crippen MR) is 102 cm³/mol. The number of rotatable bonds is 4. The van der Waals surface area contributed by atoms with Crippen LogP contribution in [0.1, 0.15) is 30.3 Å². The molecule has 7 heteroatoms. The minimum atomic E-state index is -0.0261. The number of furan rings is 1. The fraction of sp³-hybridized carbons (Fsp3) is 0.684. The number of nitrogens with zero attached hydrogens (tertiary/aromatic N) is 4. The minimum Gasteiger partial charge on any atom is -0.459 e. The quantitative estimate of drug-likeness (QED) is 0.648. The number of carbonyl (C=O) groups is 1. The van der Waals surface area contributed by atoms with Crippen molar-refractivity contribution >= 4 is 11.9 Å². The van der Waals surface area contributed by atoms with E-state index in [4.69, 9.17) is 9.41 Å². The van der Waals surface area contributed by atoms with Crippen LogP contribution in [0.2, 0.25) is 0 Å². The topological polar surface area (TPSA) is 64.3 Å². The monoisotopic (exact) mass is 361 g/mol. The molecule has 3 rings (SSSR count). The minimum absolute atomic E-state index is 0.0261. The molecule has 1 N–H and O–H groups in total. The molecule has 0 spiro atoms. The van der Waals surface area contributed by atoms with E-state index in [9.17, 15) is 4.79 Å². The van der Waals surface area contributed by atoms with Crippen LogP contribution in [0.4, 0.5) is 0 Å². The maximum atomic E-state index is 12.4. The van der Waals surface area contributed by atoms with Crippen LogP contribution in [0.25, 0.3) is 0 Å². The van der Waals surface area contributed by atoms with Crippen LogP contribution in [0.15, 0.2) is 27.8 Å². The molecule has 2 fully saturated rings. The summed E-state index contributed by atoms with van der Waals surface area (Å²) in [6.07, 6.45) is 4.07. The van der Waals surface area contributed by atoms with Gasteiger partial charge in [-0.15, -0.1) is 0 Å². The van der Waals surface area contributed by atoms with Crippen molar-refractivity contribution in [1.29, 1.82) is 0 Å². The maximum absolute atomic E-state index is 12.4. The van der Waals surface area contributed by atoms with Gasteiger partial charge >= 0.3 is 0 Å². The maximum Gasteiger partial charge on any atom is 0.289 e. The van der Waals surface area contributed by atoms with E-state index in [2.05, 4.69) is 29.1 Å². The molecule has 1 aromatic heterocycles. The van der Waals surface area contributed by atoms with E-state index < -0.39 is 0 Å². The molecule has 0 aliphatic carbocycles. The lowest BCUT2D eigenvalue weighted by molar-refractivity contribution is 0.0657. The lowest BCUT2D eigenvalue weighted by Crippen LogP contribution is -2.54. The number of guanidine groups is 1. The molecule has 26 heavy (non-hydrogen) atoms. The first kappa shape index (κ1) is 18.8. The second kappa shape index (κ2) is 9.07. The molecule has 1 unspecified atom stereocenters. The van der Waals surface area contributed by atoms with E-state index in [1.165, 1.54) is 19.4 Å². The number of likely N-dealkylation sites (tertiary alicyclic amines) is 1. The lowest BCUT2D eigenvalue weighted by Gasteiger charge is -2.36. The number of nitrogens with one attached hydrogen (secondary N) is 1. The Labute approximate surface area is 156 Å². The zero-order valence-electron chi connectivity index (χ0n) is 16.0. The number of aliphatic imine (C=N–C) groups is 1. The molecule has 0 saturated carbocycles. The van der Waals surface area contributed by atoms with Crippen LogP contribution in [-0.2, 0) is 0 Å². The molecule has 0 aromatic carbocycles. The molecule has 144 valence electrons. The van der Waals surface area contributed by atoms with Crippen molar-refractivity contribution in [1.82, 2.24) is 20.0 Å². The summed E-state index contributed by atoms with van der Waals surface area (Å²) in [6, 6.07) is 3.48. The third-order valence-corrected chi connectivity index (χ3v) is 5.15.